The Kier molecular flexibility index (Phi) is 18.1. The Bertz CT molecular complexity index is 715. The van der Waals surface area contributed by atoms with Crippen LogP contribution in [0, 0.1) is 0 Å². The van der Waals surface area contributed by atoms with Gasteiger partial charge >= 0.3 is 41.9 Å². The summed E-state index contributed by atoms with van der Waals surface area (Å²) in [5.74, 6) is 0. The fraction of sp³-hybridized carbons (Fsp3) is 0.364. The monoisotopic (exact) mass is 528 g/mol. The van der Waals surface area contributed by atoms with Crippen LogP contribution in [0.5, 0.6) is 0 Å². The van der Waals surface area contributed by atoms with Gasteiger partial charge in [-0.3, -0.25) is 0 Å². The van der Waals surface area contributed by atoms with Crippen molar-refractivity contribution in [3.8, 4) is 0 Å². The van der Waals surface area contributed by atoms with Crippen LogP contribution in [0.15, 0.2) is 66.7 Å². The molecule has 3 aromatic carbocycles. The molecule has 0 bridgehead atoms. The van der Waals surface area contributed by atoms with E-state index in [9.17, 15) is 0 Å². The molecule has 0 spiro atoms. The van der Waals surface area contributed by atoms with Crippen molar-refractivity contribution in [3.63, 3.8) is 0 Å². The summed E-state index contributed by atoms with van der Waals surface area (Å²) in [5.41, 5.74) is 1.64. The van der Waals surface area contributed by atoms with Gasteiger partial charge in [-0.1, -0.05) is 12.5 Å². The molecule has 0 radical (unpaired) electrons. The second kappa shape index (κ2) is 16.8. The van der Waals surface area contributed by atoms with Gasteiger partial charge in [0.1, 0.15) is 0 Å². The van der Waals surface area contributed by atoms with Gasteiger partial charge in [0, 0.05) is 6.61 Å². The van der Waals surface area contributed by atoms with E-state index in [0.29, 0.717) is 0 Å². The van der Waals surface area contributed by atoms with Gasteiger partial charge in [0.2, 0.25) is 0 Å². The summed E-state index contributed by atoms with van der Waals surface area (Å²) < 4.78 is 5.77. The summed E-state index contributed by atoms with van der Waals surface area (Å²) in [7, 11) is -1.28. The standard InChI is InChI=1S/C11H19OSi.C9H7.C2H6Si.2ClH.Zr/c1-13(2,3)12-10-6-9-11-7-4-5-8-11;1-2-5-9-7-3-6-8(9)4-1;1-3-2;;;/h4-5,7-8H,6,9-10H2,1-3H3;1-7H;1-2H3;2*1H;/q2*-1;;;;+2/p-2. The second-order valence-electron chi connectivity index (χ2n) is 7.51. The molecule has 0 heterocycles. The van der Waals surface area contributed by atoms with Gasteiger partial charge < -0.3 is 29.2 Å². The first kappa shape index (κ1) is 30.2. The van der Waals surface area contributed by atoms with E-state index >= 15 is 0 Å². The maximum atomic E-state index is 5.77. The zero-order valence-electron chi connectivity index (χ0n) is 17.6. The van der Waals surface area contributed by atoms with Crippen LogP contribution in [-0.4, -0.2) is 20.4 Å². The largest absolute Gasteiger partial charge is 1.00 e. The molecule has 0 fully saturated rings. The molecule has 0 aliphatic carbocycles. The predicted octanol–water partition coefficient (Wildman–Crippen LogP) is 0.541. The van der Waals surface area contributed by atoms with Crippen LogP contribution < -0.4 is 24.8 Å². The summed E-state index contributed by atoms with van der Waals surface area (Å²) >= 11 is 1.74. The van der Waals surface area contributed by atoms with Crippen LogP contribution in [0.3, 0.4) is 0 Å². The fourth-order valence-corrected chi connectivity index (χ4v) is 3.06. The number of halogens is 2. The molecule has 3 aromatic rings. The molecule has 6 heteroatoms. The third-order valence-electron chi connectivity index (χ3n) is 3.42. The van der Waals surface area contributed by atoms with E-state index in [4.69, 9.17) is 4.43 Å². The van der Waals surface area contributed by atoms with E-state index in [-0.39, 0.29) is 30.2 Å². The molecular weight excluding hydrogens is 499 g/mol. The Morgan fingerprint density at radius 1 is 1.00 bits per heavy atom. The van der Waals surface area contributed by atoms with Gasteiger partial charge in [-0.05, 0) is 26.1 Å². The van der Waals surface area contributed by atoms with Crippen LogP contribution in [0.25, 0.3) is 10.8 Å². The first-order valence-corrected chi connectivity index (χ1v) is 18.8. The fourth-order valence-electron chi connectivity index (χ4n) is 2.31. The Morgan fingerprint density at radius 2 is 1.57 bits per heavy atom. The first-order chi connectivity index (χ1) is 12.3. The molecule has 0 aromatic heterocycles. The van der Waals surface area contributed by atoms with Crippen molar-refractivity contribution in [1.82, 2.24) is 0 Å². The molecule has 1 nitrogen and oxygen atoms in total. The predicted molar refractivity (Wildman–Crippen MR) is 117 cm³/mol. The minimum absolute atomic E-state index is 0. The second-order valence-corrected chi connectivity index (χ2v) is 21.4. The molecule has 0 unspecified atom stereocenters. The number of fused-ring (bicyclic) bond motifs is 1. The number of aryl methyl sites for hydroxylation is 1. The van der Waals surface area contributed by atoms with Crippen LogP contribution in [0.2, 0.25) is 32.7 Å². The summed E-state index contributed by atoms with van der Waals surface area (Å²) in [5, 5.41) is 2.66. The Hall–Kier alpha value is 0.0369. The van der Waals surface area contributed by atoms with Gasteiger partial charge in [-0.15, -0.1) is 29.7 Å². The van der Waals surface area contributed by atoms with Crippen LogP contribution in [0.1, 0.15) is 12.0 Å². The zero-order chi connectivity index (χ0) is 19.4. The molecule has 3 rings (SSSR count). The van der Waals surface area contributed by atoms with E-state index < -0.39 is 8.32 Å². The van der Waals surface area contributed by atoms with Gasteiger partial charge in [0.05, 0.1) is 0 Å². The van der Waals surface area contributed by atoms with E-state index in [1.165, 1.54) is 16.3 Å². The Labute approximate surface area is 200 Å². The zero-order valence-corrected chi connectivity index (χ0v) is 23.6. The average Bonchev–Trinajstić information content (AvgIpc) is 3.22. The van der Waals surface area contributed by atoms with E-state index in [1.54, 1.807) is 23.3 Å². The average molecular weight is 531 g/mol. The van der Waals surface area contributed by atoms with E-state index in [0.717, 1.165) is 19.4 Å². The molecule has 0 saturated heterocycles. The van der Waals surface area contributed by atoms with Crippen molar-refractivity contribution in [1.29, 1.82) is 0 Å². The smallest absolute Gasteiger partial charge is 0.0809 e. The Morgan fingerprint density at radius 3 is 2.11 bits per heavy atom. The van der Waals surface area contributed by atoms with Gasteiger partial charge in [-0.2, -0.15) is 35.2 Å². The van der Waals surface area contributed by atoms with Crippen molar-refractivity contribution in [2.75, 3.05) is 6.61 Å². The van der Waals surface area contributed by atoms with E-state index in [2.05, 4.69) is 99.5 Å². The third kappa shape index (κ3) is 15.9. The normalized spacial score (nSPS) is 9.82. The topological polar surface area (TPSA) is 9.23 Å². The summed E-state index contributed by atoms with van der Waals surface area (Å²) in [4.78, 5) is 0. The Balaban J connectivity index is 0. The minimum Gasteiger partial charge on any atom is -1.00 e. The molecule has 0 aliphatic rings. The number of hydrogen-bond acceptors (Lipinski definition) is 1. The quantitative estimate of drug-likeness (QED) is 0.266. The molecular formula is C22H32Cl2OSi2Zr-2. The van der Waals surface area contributed by atoms with Gasteiger partial charge in [0.15, 0.2) is 8.32 Å². The molecule has 154 valence electrons. The van der Waals surface area contributed by atoms with Crippen LogP contribution in [0.4, 0.5) is 0 Å². The third-order valence-corrected chi connectivity index (χ3v) is 4.49. The molecule has 0 atom stereocenters. The van der Waals surface area contributed by atoms with Crippen LogP contribution >= 0.6 is 0 Å². The van der Waals surface area contributed by atoms with Gasteiger partial charge in [0.25, 0.3) is 0 Å². The SMILES string of the molecule is C[Si](C)(C)OCCC[c-]1cccc1.C[Si](C)=[Zr+2].[Cl-].[Cl-].c1ccc2[cH-]ccc2c1. The van der Waals surface area contributed by atoms with Gasteiger partial charge in [-0.25, -0.2) is 12.1 Å². The number of rotatable bonds is 5. The first-order valence-electron chi connectivity index (χ1n) is 9.25. The van der Waals surface area contributed by atoms with Crippen molar-refractivity contribution in [2.24, 2.45) is 0 Å². The van der Waals surface area contributed by atoms with Crippen molar-refractivity contribution < 1.29 is 52.6 Å². The molecule has 28 heavy (non-hydrogen) atoms. The molecule has 0 saturated carbocycles. The number of hydrogen-bond donors (Lipinski definition) is 0. The summed E-state index contributed by atoms with van der Waals surface area (Å²) in [6, 6.07) is 23.2. The molecule has 0 aliphatic heterocycles. The molecule has 0 N–H and O–H groups in total. The van der Waals surface area contributed by atoms with Crippen molar-refractivity contribution in [3.05, 3.63) is 72.3 Å². The summed E-state index contributed by atoms with van der Waals surface area (Å²) in [6.07, 6.45) is 2.30. The van der Waals surface area contributed by atoms with Crippen LogP contribution in [-0.2, 0) is 34.2 Å². The summed E-state index contributed by atoms with van der Waals surface area (Å²) in [6.45, 7) is 12.2. The van der Waals surface area contributed by atoms with E-state index in [1.807, 2.05) is 0 Å². The maximum Gasteiger partial charge on any atom is -0.0809 e. The van der Waals surface area contributed by atoms with Crippen molar-refractivity contribution in [2.45, 2.75) is 45.6 Å². The van der Waals surface area contributed by atoms with Crippen molar-refractivity contribution >= 4 is 24.5 Å². The minimum atomic E-state index is -1.28. The maximum absolute atomic E-state index is 5.77. The molecule has 0 amide bonds. The number of benzene rings is 1.